The fourth-order valence-corrected chi connectivity index (χ4v) is 2.64. The predicted molar refractivity (Wildman–Crippen MR) is 85.2 cm³/mol. The van der Waals surface area contributed by atoms with E-state index in [4.69, 9.17) is 4.74 Å². The summed E-state index contributed by atoms with van der Waals surface area (Å²) in [5, 5.41) is 10.3. The van der Waals surface area contributed by atoms with E-state index in [1.165, 1.54) is 7.11 Å². The molecule has 2 aromatic rings. The van der Waals surface area contributed by atoms with E-state index in [2.05, 4.69) is 15.9 Å². The molecule has 0 bridgehead atoms. The summed E-state index contributed by atoms with van der Waals surface area (Å²) in [7, 11) is 1.37. The smallest absolute Gasteiger partial charge is 0.338 e. The summed E-state index contributed by atoms with van der Waals surface area (Å²) < 4.78 is 5.72. The van der Waals surface area contributed by atoms with E-state index in [0.29, 0.717) is 18.4 Å². The molecule has 1 unspecified atom stereocenters. The maximum atomic E-state index is 11.7. The Hall–Kier alpha value is -1.65. The van der Waals surface area contributed by atoms with Crippen LogP contribution in [-0.2, 0) is 11.2 Å². The van der Waals surface area contributed by atoms with E-state index in [-0.39, 0.29) is 5.97 Å². The van der Waals surface area contributed by atoms with Gasteiger partial charge in [-0.25, -0.2) is 4.79 Å². The molecular formula is C17H17BrO3. The van der Waals surface area contributed by atoms with Crippen LogP contribution in [-0.4, -0.2) is 18.2 Å². The minimum atomic E-state index is -0.562. The zero-order valence-corrected chi connectivity index (χ0v) is 13.3. The number of aliphatic hydroxyl groups excluding tert-OH is 1. The Morgan fingerprint density at radius 3 is 2.71 bits per heavy atom. The van der Waals surface area contributed by atoms with Crippen LogP contribution in [0, 0.1) is 0 Å². The van der Waals surface area contributed by atoms with Gasteiger partial charge in [0.1, 0.15) is 0 Å². The average molecular weight is 349 g/mol. The van der Waals surface area contributed by atoms with Gasteiger partial charge in [-0.15, -0.1) is 0 Å². The molecule has 0 aromatic heterocycles. The molecule has 1 atom stereocenters. The van der Waals surface area contributed by atoms with Gasteiger partial charge in [0.2, 0.25) is 0 Å². The highest BCUT2D eigenvalue weighted by molar-refractivity contribution is 9.10. The standard InChI is InChI=1S/C17H17BrO3/c1-21-17(20)15-8-3-2-5-12(15)9-10-16(19)13-6-4-7-14(18)11-13/h2-8,11,16,19H,9-10H2,1H3. The molecule has 0 aliphatic heterocycles. The van der Waals surface area contributed by atoms with Gasteiger partial charge >= 0.3 is 5.97 Å². The van der Waals surface area contributed by atoms with Crippen LogP contribution in [0.25, 0.3) is 0 Å². The van der Waals surface area contributed by atoms with Crippen LogP contribution in [0.15, 0.2) is 53.0 Å². The Balaban J connectivity index is 2.08. The number of carbonyl (C=O) groups is 1. The Morgan fingerprint density at radius 2 is 2.00 bits per heavy atom. The van der Waals surface area contributed by atoms with Gasteiger partial charge in [0.25, 0.3) is 0 Å². The molecule has 1 N–H and O–H groups in total. The molecule has 0 heterocycles. The summed E-state index contributed by atoms with van der Waals surface area (Å²) in [6.45, 7) is 0. The van der Waals surface area contributed by atoms with Gasteiger partial charge in [0.05, 0.1) is 18.8 Å². The summed E-state index contributed by atoms with van der Waals surface area (Å²) in [4.78, 5) is 11.7. The lowest BCUT2D eigenvalue weighted by molar-refractivity contribution is 0.0599. The molecule has 3 nitrogen and oxygen atoms in total. The molecule has 0 spiro atoms. The van der Waals surface area contributed by atoms with Crippen LogP contribution in [0.1, 0.15) is 34.0 Å². The van der Waals surface area contributed by atoms with Gasteiger partial charge in [-0.2, -0.15) is 0 Å². The molecule has 0 aliphatic carbocycles. The van der Waals surface area contributed by atoms with Crippen molar-refractivity contribution >= 4 is 21.9 Å². The Bertz CT molecular complexity index is 625. The molecule has 0 amide bonds. The number of benzene rings is 2. The number of methoxy groups -OCH3 is 1. The molecule has 0 radical (unpaired) electrons. The molecule has 110 valence electrons. The lowest BCUT2D eigenvalue weighted by Gasteiger charge is -2.13. The Morgan fingerprint density at radius 1 is 1.24 bits per heavy atom. The molecule has 4 heteroatoms. The highest BCUT2D eigenvalue weighted by atomic mass is 79.9. The van der Waals surface area contributed by atoms with E-state index < -0.39 is 6.10 Å². The van der Waals surface area contributed by atoms with Crippen LogP contribution in [0.4, 0.5) is 0 Å². The molecule has 2 aromatic carbocycles. The van der Waals surface area contributed by atoms with Crippen molar-refractivity contribution in [1.29, 1.82) is 0 Å². The summed E-state index contributed by atoms with van der Waals surface area (Å²) in [6.07, 6.45) is 0.594. The number of carbonyl (C=O) groups excluding carboxylic acids is 1. The number of aliphatic hydroxyl groups is 1. The molecular weight excluding hydrogens is 332 g/mol. The third-order valence-electron chi connectivity index (χ3n) is 3.34. The second-order valence-corrected chi connectivity index (χ2v) is 5.67. The monoisotopic (exact) mass is 348 g/mol. The first-order valence-electron chi connectivity index (χ1n) is 6.71. The SMILES string of the molecule is COC(=O)c1ccccc1CCC(O)c1cccc(Br)c1. The van der Waals surface area contributed by atoms with E-state index in [9.17, 15) is 9.90 Å². The van der Waals surface area contributed by atoms with Crippen LogP contribution < -0.4 is 0 Å². The minimum absolute atomic E-state index is 0.345. The van der Waals surface area contributed by atoms with E-state index >= 15 is 0 Å². The van der Waals surface area contributed by atoms with Crippen molar-refractivity contribution in [2.45, 2.75) is 18.9 Å². The van der Waals surface area contributed by atoms with Gasteiger partial charge in [-0.05, 0) is 42.2 Å². The first-order chi connectivity index (χ1) is 10.1. The van der Waals surface area contributed by atoms with Crippen LogP contribution in [0.5, 0.6) is 0 Å². The number of esters is 1. The first kappa shape index (κ1) is 15.7. The number of halogens is 1. The van der Waals surface area contributed by atoms with Crippen molar-refractivity contribution < 1.29 is 14.6 Å². The second kappa shape index (κ2) is 7.38. The van der Waals surface area contributed by atoms with Crippen LogP contribution in [0.3, 0.4) is 0 Å². The number of hydrogen-bond donors (Lipinski definition) is 1. The van der Waals surface area contributed by atoms with Crippen molar-refractivity contribution in [3.63, 3.8) is 0 Å². The normalized spacial score (nSPS) is 12.0. The first-order valence-corrected chi connectivity index (χ1v) is 7.51. The van der Waals surface area contributed by atoms with Crippen molar-refractivity contribution in [1.82, 2.24) is 0 Å². The third-order valence-corrected chi connectivity index (χ3v) is 3.84. The molecule has 0 fully saturated rings. The third kappa shape index (κ3) is 4.16. The average Bonchev–Trinajstić information content (AvgIpc) is 2.52. The van der Waals surface area contributed by atoms with Gasteiger partial charge in [0.15, 0.2) is 0 Å². The maximum Gasteiger partial charge on any atom is 0.338 e. The van der Waals surface area contributed by atoms with Crippen LogP contribution >= 0.6 is 15.9 Å². The number of rotatable bonds is 5. The maximum absolute atomic E-state index is 11.7. The van der Waals surface area contributed by atoms with Gasteiger partial charge < -0.3 is 9.84 Å². The highest BCUT2D eigenvalue weighted by Crippen LogP contribution is 2.23. The van der Waals surface area contributed by atoms with Gasteiger partial charge in [0, 0.05) is 4.47 Å². The van der Waals surface area contributed by atoms with Gasteiger partial charge in [-0.3, -0.25) is 0 Å². The number of aryl methyl sites for hydroxylation is 1. The number of hydrogen-bond acceptors (Lipinski definition) is 3. The predicted octanol–water partition coefficient (Wildman–Crippen LogP) is 3.90. The van der Waals surface area contributed by atoms with E-state index in [1.807, 2.05) is 36.4 Å². The summed E-state index contributed by atoms with van der Waals surface area (Å²) in [5.41, 5.74) is 2.31. The molecule has 21 heavy (non-hydrogen) atoms. The van der Waals surface area contributed by atoms with Crippen molar-refractivity contribution in [3.8, 4) is 0 Å². The van der Waals surface area contributed by atoms with Gasteiger partial charge in [-0.1, -0.05) is 46.3 Å². The van der Waals surface area contributed by atoms with Crippen molar-refractivity contribution in [2.75, 3.05) is 7.11 Å². The Labute approximate surface area is 132 Å². The lowest BCUT2D eigenvalue weighted by atomic mass is 9.98. The summed E-state index contributed by atoms with van der Waals surface area (Å²) in [5.74, 6) is -0.345. The van der Waals surface area contributed by atoms with Crippen LogP contribution in [0.2, 0.25) is 0 Å². The molecule has 0 saturated carbocycles. The highest BCUT2D eigenvalue weighted by Gasteiger charge is 2.13. The van der Waals surface area contributed by atoms with E-state index in [0.717, 1.165) is 15.6 Å². The summed E-state index contributed by atoms with van der Waals surface area (Å²) >= 11 is 3.39. The Kier molecular flexibility index (Phi) is 5.53. The fraction of sp³-hybridized carbons (Fsp3) is 0.235. The lowest BCUT2D eigenvalue weighted by Crippen LogP contribution is -2.07. The minimum Gasteiger partial charge on any atom is -0.465 e. The molecule has 0 saturated heterocycles. The molecule has 0 aliphatic rings. The quantitative estimate of drug-likeness (QED) is 0.833. The topological polar surface area (TPSA) is 46.5 Å². The zero-order valence-electron chi connectivity index (χ0n) is 11.8. The summed E-state index contributed by atoms with van der Waals surface area (Å²) in [6, 6.07) is 14.9. The fourth-order valence-electron chi connectivity index (χ4n) is 2.22. The van der Waals surface area contributed by atoms with Crippen molar-refractivity contribution in [2.24, 2.45) is 0 Å². The number of ether oxygens (including phenoxy) is 1. The van der Waals surface area contributed by atoms with Crippen molar-refractivity contribution in [3.05, 3.63) is 69.7 Å². The molecule has 2 rings (SSSR count). The largest absolute Gasteiger partial charge is 0.465 e. The zero-order chi connectivity index (χ0) is 15.2. The van der Waals surface area contributed by atoms with E-state index in [1.54, 1.807) is 12.1 Å². The second-order valence-electron chi connectivity index (χ2n) is 4.76.